The Kier molecular flexibility index (Phi) is 3.44. The van der Waals surface area contributed by atoms with Crippen molar-refractivity contribution in [3.63, 3.8) is 0 Å². The summed E-state index contributed by atoms with van der Waals surface area (Å²) in [6, 6.07) is 5.24. The Labute approximate surface area is 123 Å². The molecule has 1 aromatic carbocycles. The van der Waals surface area contributed by atoms with E-state index in [-0.39, 0.29) is 24.4 Å². The summed E-state index contributed by atoms with van der Waals surface area (Å²) in [5.41, 5.74) is 0.295. The molecule has 0 saturated heterocycles. The van der Waals surface area contributed by atoms with E-state index in [1.165, 1.54) is 0 Å². The molecule has 1 aromatic heterocycles. The van der Waals surface area contributed by atoms with E-state index in [1.807, 2.05) is 0 Å². The lowest BCUT2D eigenvalue weighted by Crippen LogP contribution is -2.02. The Morgan fingerprint density at radius 2 is 2.14 bits per heavy atom. The summed E-state index contributed by atoms with van der Waals surface area (Å²) in [5.74, 6) is 1.07. The molecular formula is C12H8ClN3O5. The van der Waals surface area contributed by atoms with Gasteiger partial charge in [-0.25, -0.2) is 4.98 Å². The maximum atomic E-state index is 10.9. The normalized spacial score (nSPS) is 12.2. The number of nitrogens with zero attached hydrogens (tertiary/aromatic N) is 3. The van der Waals surface area contributed by atoms with Crippen LogP contribution in [-0.4, -0.2) is 21.7 Å². The highest BCUT2D eigenvalue weighted by atomic mass is 35.5. The molecule has 3 rings (SSSR count). The minimum atomic E-state index is -0.683. The van der Waals surface area contributed by atoms with Crippen LogP contribution < -0.4 is 14.2 Å². The number of hydrogen-bond donors (Lipinski definition) is 0. The average Bonchev–Trinajstić information content (AvgIpc) is 2.92. The quantitative estimate of drug-likeness (QED) is 0.485. The summed E-state index contributed by atoms with van der Waals surface area (Å²) in [6.07, 6.45) is 1.10. The third-order valence-corrected chi connectivity index (χ3v) is 3.02. The molecule has 0 aliphatic carbocycles. The van der Waals surface area contributed by atoms with E-state index in [1.54, 1.807) is 18.2 Å². The van der Waals surface area contributed by atoms with Crippen molar-refractivity contribution in [3.8, 4) is 17.4 Å². The third-order valence-electron chi connectivity index (χ3n) is 2.74. The molecule has 21 heavy (non-hydrogen) atoms. The molecule has 2 heterocycles. The smallest absolute Gasteiger partial charge is 0.367 e. The molecule has 8 nitrogen and oxygen atoms in total. The zero-order valence-electron chi connectivity index (χ0n) is 10.5. The summed E-state index contributed by atoms with van der Waals surface area (Å²) in [4.78, 5) is 17.5. The number of ether oxygens (including phenoxy) is 3. The number of hydrogen-bond acceptors (Lipinski definition) is 7. The topological polar surface area (TPSA) is 96.6 Å². The molecule has 0 saturated carbocycles. The number of aromatic nitrogens is 2. The Hall–Kier alpha value is -2.61. The van der Waals surface area contributed by atoms with Gasteiger partial charge in [-0.05, 0) is 17.7 Å². The van der Waals surface area contributed by atoms with Crippen LogP contribution in [0.1, 0.15) is 5.56 Å². The number of fused-ring (bicyclic) bond motifs is 1. The fourth-order valence-corrected chi connectivity index (χ4v) is 1.98. The van der Waals surface area contributed by atoms with Crippen molar-refractivity contribution >= 4 is 17.3 Å². The van der Waals surface area contributed by atoms with Gasteiger partial charge in [-0.1, -0.05) is 17.7 Å². The van der Waals surface area contributed by atoms with Gasteiger partial charge in [0, 0.05) is 0 Å². The van der Waals surface area contributed by atoms with Crippen molar-refractivity contribution in [1.29, 1.82) is 0 Å². The fraction of sp³-hybridized carbons (Fsp3) is 0.167. The van der Waals surface area contributed by atoms with Crippen LogP contribution in [0.4, 0.5) is 5.69 Å². The third kappa shape index (κ3) is 2.65. The van der Waals surface area contributed by atoms with Gasteiger partial charge in [-0.2, -0.15) is 4.98 Å². The molecule has 1 aliphatic rings. The van der Waals surface area contributed by atoms with Gasteiger partial charge >= 0.3 is 5.69 Å². The monoisotopic (exact) mass is 309 g/mol. The summed E-state index contributed by atoms with van der Waals surface area (Å²) >= 11 is 5.67. The first-order valence-electron chi connectivity index (χ1n) is 5.81. The Bertz CT molecular complexity index is 709. The lowest BCUT2D eigenvalue weighted by molar-refractivity contribution is -0.386. The second-order valence-corrected chi connectivity index (χ2v) is 4.41. The zero-order valence-corrected chi connectivity index (χ0v) is 11.2. The highest BCUT2D eigenvalue weighted by Gasteiger charge is 2.23. The number of halogens is 1. The molecule has 0 radical (unpaired) electrons. The van der Waals surface area contributed by atoms with Gasteiger partial charge in [0.1, 0.15) is 12.9 Å². The maximum absolute atomic E-state index is 10.9. The highest BCUT2D eigenvalue weighted by molar-refractivity contribution is 6.31. The Morgan fingerprint density at radius 3 is 2.95 bits per heavy atom. The first-order valence-corrected chi connectivity index (χ1v) is 6.19. The fourth-order valence-electron chi connectivity index (χ4n) is 1.78. The van der Waals surface area contributed by atoms with Crippen molar-refractivity contribution in [1.82, 2.24) is 9.97 Å². The van der Waals surface area contributed by atoms with Gasteiger partial charge in [-0.3, -0.25) is 10.1 Å². The number of benzene rings is 1. The molecule has 0 bridgehead atoms. The first kappa shape index (κ1) is 13.4. The van der Waals surface area contributed by atoms with Crippen LogP contribution in [0, 0.1) is 10.1 Å². The number of nitro groups is 1. The van der Waals surface area contributed by atoms with Gasteiger partial charge in [0.25, 0.3) is 5.88 Å². The van der Waals surface area contributed by atoms with E-state index >= 15 is 0 Å². The van der Waals surface area contributed by atoms with Crippen molar-refractivity contribution in [2.45, 2.75) is 6.61 Å². The largest absolute Gasteiger partial charge is 0.468 e. The minimum absolute atomic E-state index is 0.0742. The molecule has 108 valence electrons. The zero-order chi connectivity index (χ0) is 14.8. The van der Waals surface area contributed by atoms with Crippen LogP contribution in [0.3, 0.4) is 0 Å². The van der Waals surface area contributed by atoms with Gasteiger partial charge in [-0.15, -0.1) is 0 Å². The van der Waals surface area contributed by atoms with Crippen LogP contribution in [0.5, 0.6) is 17.4 Å². The second-order valence-electron chi connectivity index (χ2n) is 4.05. The molecule has 0 atom stereocenters. The molecule has 0 amide bonds. The summed E-state index contributed by atoms with van der Waals surface area (Å²) in [7, 11) is 0. The Balaban J connectivity index is 1.79. The average molecular weight is 310 g/mol. The summed E-state index contributed by atoms with van der Waals surface area (Å²) < 4.78 is 15.8. The van der Waals surface area contributed by atoms with Crippen LogP contribution in [-0.2, 0) is 6.61 Å². The van der Waals surface area contributed by atoms with E-state index in [0.717, 1.165) is 11.9 Å². The van der Waals surface area contributed by atoms with Gasteiger partial charge < -0.3 is 14.2 Å². The van der Waals surface area contributed by atoms with E-state index in [9.17, 15) is 10.1 Å². The molecule has 0 spiro atoms. The van der Waals surface area contributed by atoms with E-state index < -0.39 is 10.6 Å². The summed E-state index contributed by atoms with van der Waals surface area (Å²) in [6.45, 7) is 0.247. The van der Waals surface area contributed by atoms with Crippen LogP contribution >= 0.6 is 11.6 Å². The van der Waals surface area contributed by atoms with Gasteiger partial charge in [0.2, 0.25) is 11.9 Å². The van der Waals surface area contributed by atoms with Crippen LogP contribution in [0.25, 0.3) is 0 Å². The van der Waals surface area contributed by atoms with Crippen molar-refractivity contribution < 1.29 is 19.1 Å². The predicted octanol–water partition coefficient (Wildman–Crippen LogP) is 2.35. The molecule has 0 unspecified atom stereocenters. The molecule has 2 aromatic rings. The predicted molar refractivity (Wildman–Crippen MR) is 70.6 cm³/mol. The van der Waals surface area contributed by atoms with Crippen LogP contribution in [0.2, 0.25) is 5.15 Å². The molecule has 0 fully saturated rings. The van der Waals surface area contributed by atoms with Crippen molar-refractivity contribution in [2.24, 2.45) is 0 Å². The van der Waals surface area contributed by atoms with E-state index in [4.69, 9.17) is 25.8 Å². The van der Waals surface area contributed by atoms with Crippen molar-refractivity contribution in [2.75, 3.05) is 6.79 Å². The Morgan fingerprint density at radius 1 is 1.33 bits per heavy atom. The lowest BCUT2D eigenvalue weighted by atomic mass is 10.2. The summed E-state index contributed by atoms with van der Waals surface area (Å²) in [5, 5.41) is 10.7. The SMILES string of the molecule is O=[N+]([O-])c1c(Cl)ncnc1OCc1ccc2c(c1)OCO2. The molecular weight excluding hydrogens is 302 g/mol. The van der Waals surface area contributed by atoms with E-state index in [0.29, 0.717) is 11.5 Å². The first-order chi connectivity index (χ1) is 10.1. The van der Waals surface area contributed by atoms with E-state index in [2.05, 4.69) is 9.97 Å². The molecule has 1 aliphatic heterocycles. The van der Waals surface area contributed by atoms with Gasteiger partial charge in [0.05, 0.1) is 4.92 Å². The molecule has 0 N–H and O–H groups in total. The maximum Gasteiger partial charge on any atom is 0.367 e. The standard InChI is InChI=1S/C12H8ClN3O5/c13-11-10(16(17)18)12(15-5-14-11)19-4-7-1-2-8-9(3-7)21-6-20-8/h1-3,5H,4,6H2. The van der Waals surface area contributed by atoms with Crippen LogP contribution in [0.15, 0.2) is 24.5 Å². The van der Waals surface area contributed by atoms with Crippen molar-refractivity contribution in [3.05, 3.63) is 45.4 Å². The highest BCUT2D eigenvalue weighted by Crippen LogP contribution is 2.34. The lowest BCUT2D eigenvalue weighted by Gasteiger charge is -2.06. The minimum Gasteiger partial charge on any atom is -0.468 e. The second kappa shape index (κ2) is 5.41. The number of rotatable bonds is 4. The van der Waals surface area contributed by atoms with Gasteiger partial charge in [0.15, 0.2) is 11.5 Å². The molecule has 9 heteroatoms.